The molecule has 0 unspecified atom stereocenters. The van der Waals surface area contributed by atoms with Gasteiger partial charge in [0.25, 0.3) is 0 Å². The summed E-state index contributed by atoms with van der Waals surface area (Å²) in [6.07, 6.45) is -3.48. The molecule has 0 spiro atoms. The van der Waals surface area contributed by atoms with E-state index in [1.165, 1.54) is 17.8 Å². The average Bonchev–Trinajstić information content (AvgIpc) is 2.94. The van der Waals surface area contributed by atoms with Gasteiger partial charge >= 0.3 is 11.9 Å². The van der Waals surface area contributed by atoms with Crippen molar-refractivity contribution < 1.29 is 18.0 Å². The van der Waals surface area contributed by atoms with Crippen molar-refractivity contribution in [3.05, 3.63) is 52.6 Å². The number of nitrogens with zero attached hydrogens (tertiary/aromatic N) is 1. The second-order valence-corrected chi connectivity index (χ2v) is 6.48. The number of pyridine rings is 1. The van der Waals surface area contributed by atoms with E-state index in [2.05, 4.69) is 20.3 Å². The molecule has 0 saturated heterocycles. The summed E-state index contributed by atoms with van der Waals surface area (Å²) < 4.78 is 37.4. The quantitative estimate of drug-likeness (QED) is 0.590. The Morgan fingerprint density at radius 2 is 1.92 bits per heavy atom. The number of halogens is 3. The maximum atomic E-state index is 12.5. The van der Waals surface area contributed by atoms with Crippen LogP contribution in [0.3, 0.4) is 0 Å². The molecule has 3 rings (SSSR count). The molecule has 1 amide bonds. The van der Waals surface area contributed by atoms with Crippen LogP contribution < -0.4 is 11.0 Å². The number of rotatable bonds is 5. The molecule has 1 aromatic carbocycles. The van der Waals surface area contributed by atoms with Crippen molar-refractivity contribution in [2.24, 2.45) is 0 Å². The van der Waals surface area contributed by atoms with Crippen molar-refractivity contribution in [3.8, 4) is 0 Å². The van der Waals surface area contributed by atoms with Crippen LogP contribution in [0, 0.1) is 0 Å². The smallest absolute Gasteiger partial charge is 0.326 e. The summed E-state index contributed by atoms with van der Waals surface area (Å²) >= 11 is 1.19. The minimum absolute atomic E-state index is 0.162. The third-order valence-corrected chi connectivity index (χ3v) is 4.39. The molecule has 26 heavy (non-hydrogen) atoms. The van der Waals surface area contributed by atoms with Gasteiger partial charge in [0.05, 0.1) is 21.6 Å². The number of amides is 1. The fraction of sp³-hybridized carbons (Fsp3) is 0.188. The van der Waals surface area contributed by atoms with Crippen LogP contribution in [0.2, 0.25) is 0 Å². The molecule has 3 N–H and O–H groups in total. The highest BCUT2D eigenvalue weighted by molar-refractivity contribution is 7.99. The van der Waals surface area contributed by atoms with Crippen molar-refractivity contribution >= 4 is 34.4 Å². The number of nitrogens with one attached hydrogen (secondary N) is 3. The summed E-state index contributed by atoms with van der Waals surface area (Å²) in [7, 11) is 0. The van der Waals surface area contributed by atoms with Crippen LogP contribution >= 0.6 is 11.8 Å². The maximum Gasteiger partial charge on any atom is 0.417 e. The van der Waals surface area contributed by atoms with Gasteiger partial charge in [-0.05, 0) is 30.3 Å². The van der Waals surface area contributed by atoms with Crippen LogP contribution in [-0.4, -0.2) is 26.6 Å². The standard InChI is InChI=1S/C16H13F3N4O2S/c17-16(18,19)9-1-4-14(20-8-9)26-6-5-13(24)21-10-2-3-11-12(7-10)23-15(25)22-11/h1-4,7-8H,5-6H2,(H,21,24)(H2,22,23,25). The zero-order valence-corrected chi connectivity index (χ0v) is 14.0. The fourth-order valence-electron chi connectivity index (χ4n) is 2.22. The zero-order valence-electron chi connectivity index (χ0n) is 13.2. The molecular formula is C16H13F3N4O2S. The van der Waals surface area contributed by atoms with E-state index >= 15 is 0 Å². The Morgan fingerprint density at radius 3 is 2.62 bits per heavy atom. The molecule has 0 bridgehead atoms. The Hall–Kier alpha value is -2.75. The van der Waals surface area contributed by atoms with Crippen LogP contribution in [0.5, 0.6) is 0 Å². The first-order valence-corrected chi connectivity index (χ1v) is 8.48. The number of carbonyl (C=O) groups excluding carboxylic acids is 1. The molecule has 0 aliphatic heterocycles. The highest BCUT2D eigenvalue weighted by atomic mass is 32.2. The number of benzene rings is 1. The van der Waals surface area contributed by atoms with Crippen LogP contribution in [0.4, 0.5) is 18.9 Å². The molecule has 0 radical (unpaired) electrons. The molecule has 0 atom stereocenters. The van der Waals surface area contributed by atoms with E-state index in [0.29, 0.717) is 27.5 Å². The van der Waals surface area contributed by atoms with Gasteiger partial charge in [0.1, 0.15) is 0 Å². The predicted octanol–water partition coefficient (Wildman–Crippen LogP) is 3.39. The number of thioether (sulfide) groups is 1. The third kappa shape index (κ3) is 4.45. The molecule has 0 fully saturated rings. The summed E-state index contributed by atoms with van der Waals surface area (Å²) in [6, 6.07) is 7.21. The summed E-state index contributed by atoms with van der Waals surface area (Å²) in [5.41, 5.74) is 0.616. The largest absolute Gasteiger partial charge is 0.417 e. The lowest BCUT2D eigenvalue weighted by molar-refractivity contribution is -0.137. The zero-order chi connectivity index (χ0) is 18.7. The van der Waals surface area contributed by atoms with Gasteiger partial charge in [-0.1, -0.05) is 0 Å². The van der Waals surface area contributed by atoms with Crippen molar-refractivity contribution in [2.45, 2.75) is 17.6 Å². The van der Waals surface area contributed by atoms with Gasteiger partial charge in [0, 0.05) is 24.1 Å². The summed E-state index contributed by atoms with van der Waals surface area (Å²) in [5.74, 6) is 0.120. The molecule has 0 saturated carbocycles. The first-order chi connectivity index (χ1) is 12.3. The predicted molar refractivity (Wildman–Crippen MR) is 92.1 cm³/mol. The topological polar surface area (TPSA) is 90.6 Å². The highest BCUT2D eigenvalue weighted by Gasteiger charge is 2.30. The number of carbonyl (C=O) groups is 1. The monoisotopic (exact) mass is 382 g/mol. The Bertz CT molecular complexity index is 980. The Labute approximate surface area is 149 Å². The Morgan fingerprint density at radius 1 is 1.15 bits per heavy atom. The van der Waals surface area contributed by atoms with Crippen molar-refractivity contribution in [1.82, 2.24) is 15.0 Å². The molecule has 10 heteroatoms. The van der Waals surface area contributed by atoms with Gasteiger partial charge in [-0.2, -0.15) is 13.2 Å². The molecule has 2 aromatic heterocycles. The molecule has 6 nitrogen and oxygen atoms in total. The van der Waals surface area contributed by atoms with E-state index < -0.39 is 11.7 Å². The maximum absolute atomic E-state index is 12.5. The lowest BCUT2D eigenvalue weighted by Crippen LogP contribution is -2.12. The molecular weight excluding hydrogens is 369 g/mol. The molecule has 0 aliphatic carbocycles. The number of imidazole rings is 1. The van der Waals surface area contributed by atoms with E-state index in [0.717, 1.165) is 12.3 Å². The number of aromatic nitrogens is 3. The van der Waals surface area contributed by atoms with E-state index in [1.807, 2.05) is 0 Å². The number of aromatic amines is 2. The number of fused-ring (bicyclic) bond motifs is 1. The van der Waals surface area contributed by atoms with Gasteiger partial charge in [0.15, 0.2) is 0 Å². The minimum atomic E-state index is -4.42. The van der Waals surface area contributed by atoms with Crippen LogP contribution in [0.25, 0.3) is 11.0 Å². The first kappa shape index (κ1) is 18.1. The van der Waals surface area contributed by atoms with Crippen molar-refractivity contribution in [2.75, 3.05) is 11.1 Å². The van der Waals surface area contributed by atoms with Gasteiger partial charge in [0.2, 0.25) is 5.91 Å². The summed E-state index contributed by atoms with van der Waals surface area (Å²) in [6.45, 7) is 0. The molecule has 2 heterocycles. The van der Waals surface area contributed by atoms with E-state index in [-0.39, 0.29) is 18.0 Å². The number of hydrogen-bond acceptors (Lipinski definition) is 4. The van der Waals surface area contributed by atoms with Crippen LogP contribution in [0.1, 0.15) is 12.0 Å². The molecule has 0 aliphatic rings. The van der Waals surface area contributed by atoms with E-state index in [1.54, 1.807) is 18.2 Å². The Kier molecular flexibility index (Phi) is 5.03. The average molecular weight is 382 g/mol. The summed E-state index contributed by atoms with van der Waals surface area (Å²) in [5, 5.41) is 3.12. The normalized spacial score (nSPS) is 11.7. The first-order valence-electron chi connectivity index (χ1n) is 7.49. The molecule has 3 aromatic rings. The van der Waals surface area contributed by atoms with Crippen molar-refractivity contribution in [1.29, 1.82) is 0 Å². The summed E-state index contributed by atoms with van der Waals surface area (Å²) in [4.78, 5) is 32.1. The third-order valence-electron chi connectivity index (χ3n) is 3.44. The SMILES string of the molecule is O=C(CCSc1ccc(C(F)(F)F)cn1)Nc1ccc2[nH]c(=O)[nH]c2c1. The lowest BCUT2D eigenvalue weighted by Gasteiger charge is -2.07. The van der Waals surface area contributed by atoms with Gasteiger partial charge < -0.3 is 15.3 Å². The van der Waals surface area contributed by atoms with Crippen LogP contribution in [0.15, 0.2) is 46.3 Å². The van der Waals surface area contributed by atoms with Crippen LogP contribution in [-0.2, 0) is 11.0 Å². The van der Waals surface area contributed by atoms with Gasteiger partial charge in [-0.25, -0.2) is 9.78 Å². The number of alkyl halides is 3. The second-order valence-electron chi connectivity index (χ2n) is 5.37. The second kappa shape index (κ2) is 7.24. The lowest BCUT2D eigenvalue weighted by atomic mass is 10.2. The minimum Gasteiger partial charge on any atom is -0.326 e. The number of hydrogen-bond donors (Lipinski definition) is 3. The van der Waals surface area contributed by atoms with E-state index in [4.69, 9.17) is 0 Å². The van der Waals surface area contributed by atoms with Gasteiger partial charge in [-0.3, -0.25) is 4.79 Å². The highest BCUT2D eigenvalue weighted by Crippen LogP contribution is 2.29. The number of H-pyrrole nitrogens is 2. The van der Waals surface area contributed by atoms with E-state index in [9.17, 15) is 22.8 Å². The molecule has 136 valence electrons. The fourth-order valence-corrected chi connectivity index (χ4v) is 3.00. The van der Waals surface area contributed by atoms with Crippen molar-refractivity contribution in [3.63, 3.8) is 0 Å². The van der Waals surface area contributed by atoms with Gasteiger partial charge in [-0.15, -0.1) is 11.8 Å². The Balaban J connectivity index is 1.51. The number of anilines is 1.